The molecule has 3 aromatic rings. The maximum Gasteiger partial charge on any atom is 0.260 e. The molecule has 2 heterocycles. The highest BCUT2D eigenvalue weighted by Crippen LogP contribution is 2.24. The number of carbonyl (C=O) groups excluding carboxylic acids is 2. The van der Waals surface area contributed by atoms with E-state index < -0.39 is 23.4 Å². The van der Waals surface area contributed by atoms with Crippen LogP contribution in [0.3, 0.4) is 0 Å². The summed E-state index contributed by atoms with van der Waals surface area (Å²) in [7, 11) is 0. The number of hydrogen-bond acceptors (Lipinski definition) is 6. The maximum atomic E-state index is 13.3. The second-order valence-corrected chi connectivity index (χ2v) is 7.30. The van der Waals surface area contributed by atoms with Crippen molar-refractivity contribution < 1.29 is 28.2 Å². The van der Waals surface area contributed by atoms with Gasteiger partial charge >= 0.3 is 0 Å². The normalized spacial score (nSPS) is 13.5. The molecule has 3 N–H and O–H groups in total. The van der Waals surface area contributed by atoms with E-state index in [9.17, 15) is 23.5 Å². The van der Waals surface area contributed by atoms with Crippen molar-refractivity contribution in [1.29, 1.82) is 0 Å². The fourth-order valence-electron chi connectivity index (χ4n) is 3.34. The minimum atomic E-state index is -0.887. The van der Waals surface area contributed by atoms with Crippen molar-refractivity contribution in [3.63, 3.8) is 0 Å². The lowest BCUT2D eigenvalue weighted by Gasteiger charge is -2.28. The molecule has 1 aromatic heterocycles. The van der Waals surface area contributed by atoms with Crippen LogP contribution in [0.2, 0.25) is 0 Å². The van der Waals surface area contributed by atoms with Gasteiger partial charge in [-0.25, -0.2) is 13.8 Å². The van der Waals surface area contributed by atoms with E-state index in [2.05, 4.69) is 20.5 Å². The van der Waals surface area contributed by atoms with Crippen LogP contribution in [-0.2, 0) is 4.74 Å². The first-order chi connectivity index (χ1) is 15.9. The lowest BCUT2D eigenvalue weighted by atomic mass is 10.1. The minimum absolute atomic E-state index is 0.0381. The van der Waals surface area contributed by atoms with Crippen LogP contribution >= 0.6 is 0 Å². The Morgan fingerprint density at radius 2 is 1.67 bits per heavy atom. The van der Waals surface area contributed by atoms with Gasteiger partial charge < -0.3 is 25.4 Å². The molecule has 0 atom stereocenters. The Bertz CT molecular complexity index is 1160. The number of carbonyl (C=O) groups is 2. The summed E-state index contributed by atoms with van der Waals surface area (Å²) >= 11 is 0. The fraction of sp³-hybridized carbons (Fsp3) is 0.174. The Balaban J connectivity index is 1.41. The van der Waals surface area contributed by atoms with E-state index in [-0.39, 0.29) is 22.6 Å². The highest BCUT2D eigenvalue weighted by molar-refractivity contribution is 6.07. The molecule has 8 nitrogen and oxygen atoms in total. The summed E-state index contributed by atoms with van der Waals surface area (Å²) in [6, 6.07) is 9.78. The Hall–Kier alpha value is -4.05. The van der Waals surface area contributed by atoms with Gasteiger partial charge in [0.1, 0.15) is 23.2 Å². The standard InChI is InChI=1S/C23H20F2N4O4/c24-15-9-14(10-16(25)11-15)22(31)27-17-1-3-19(20(30)12-17)23(32)28-21-4-2-18(13-26-21)29-5-7-33-8-6-29/h1-4,9-13,30H,5-8H2,(H,27,31)(H,26,28,32). The highest BCUT2D eigenvalue weighted by Gasteiger charge is 2.16. The molecule has 4 rings (SSSR count). The van der Waals surface area contributed by atoms with Crippen LogP contribution in [0.4, 0.5) is 26.0 Å². The van der Waals surface area contributed by atoms with Crippen LogP contribution in [0.15, 0.2) is 54.7 Å². The van der Waals surface area contributed by atoms with E-state index in [1.165, 1.54) is 12.1 Å². The molecular formula is C23H20F2N4O4. The third-order valence-electron chi connectivity index (χ3n) is 4.99. The van der Waals surface area contributed by atoms with Crippen LogP contribution < -0.4 is 15.5 Å². The molecule has 2 aromatic carbocycles. The number of pyridine rings is 1. The number of hydrogen-bond donors (Lipinski definition) is 3. The number of morpholine rings is 1. The van der Waals surface area contributed by atoms with Crippen molar-refractivity contribution in [1.82, 2.24) is 4.98 Å². The molecular weight excluding hydrogens is 434 g/mol. The van der Waals surface area contributed by atoms with Crippen LogP contribution in [0.5, 0.6) is 5.75 Å². The van der Waals surface area contributed by atoms with Gasteiger partial charge in [0.15, 0.2) is 0 Å². The highest BCUT2D eigenvalue weighted by atomic mass is 19.1. The van der Waals surface area contributed by atoms with Crippen molar-refractivity contribution in [3.05, 3.63) is 77.5 Å². The number of amides is 2. The Kier molecular flexibility index (Phi) is 6.45. The predicted molar refractivity (Wildman–Crippen MR) is 118 cm³/mol. The monoisotopic (exact) mass is 454 g/mol. The van der Waals surface area contributed by atoms with E-state index in [4.69, 9.17) is 4.74 Å². The lowest BCUT2D eigenvalue weighted by molar-refractivity contribution is 0.101. The van der Waals surface area contributed by atoms with Gasteiger partial charge in [0.05, 0.1) is 30.7 Å². The summed E-state index contributed by atoms with van der Waals surface area (Å²) in [6.07, 6.45) is 1.65. The number of phenols is 1. The third kappa shape index (κ3) is 5.42. The maximum absolute atomic E-state index is 13.3. The molecule has 33 heavy (non-hydrogen) atoms. The SMILES string of the molecule is O=C(Nc1ccc(C(=O)Nc2ccc(N3CCOCC3)cn2)c(O)c1)c1cc(F)cc(F)c1. The summed E-state index contributed by atoms with van der Waals surface area (Å²) < 4.78 is 31.9. The first-order valence-electron chi connectivity index (χ1n) is 10.1. The van der Waals surface area contributed by atoms with Gasteiger partial charge in [0.25, 0.3) is 11.8 Å². The molecule has 0 radical (unpaired) electrons. The summed E-state index contributed by atoms with van der Waals surface area (Å²) in [5, 5.41) is 15.3. The summed E-state index contributed by atoms with van der Waals surface area (Å²) in [5.41, 5.74) is 0.799. The fourth-order valence-corrected chi connectivity index (χ4v) is 3.34. The van der Waals surface area contributed by atoms with Gasteiger partial charge in [0, 0.05) is 36.5 Å². The Morgan fingerprint density at radius 3 is 2.30 bits per heavy atom. The van der Waals surface area contributed by atoms with Crippen molar-refractivity contribution in [2.75, 3.05) is 41.8 Å². The van der Waals surface area contributed by atoms with Crippen LogP contribution in [0, 0.1) is 11.6 Å². The zero-order chi connectivity index (χ0) is 23.4. The largest absolute Gasteiger partial charge is 0.507 e. The van der Waals surface area contributed by atoms with Gasteiger partial charge in [-0.2, -0.15) is 0 Å². The number of aromatic hydroxyl groups is 1. The molecule has 1 aliphatic heterocycles. The summed E-state index contributed by atoms with van der Waals surface area (Å²) in [6.45, 7) is 2.82. The first kappa shape index (κ1) is 22.2. The molecule has 1 saturated heterocycles. The van der Waals surface area contributed by atoms with E-state index in [1.54, 1.807) is 12.3 Å². The zero-order valence-corrected chi connectivity index (χ0v) is 17.3. The zero-order valence-electron chi connectivity index (χ0n) is 17.3. The molecule has 0 saturated carbocycles. The molecule has 0 bridgehead atoms. The summed E-state index contributed by atoms with van der Waals surface area (Å²) in [4.78, 5) is 31.1. The quantitative estimate of drug-likeness (QED) is 0.546. The van der Waals surface area contributed by atoms with Gasteiger partial charge in [-0.3, -0.25) is 9.59 Å². The second kappa shape index (κ2) is 9.61. The van der Waals surface area contributed by atoms with Crippen molar-refractivity contribution in [3.8, 4) is 5.75 Å². The predicted octanol–water partition coefficient (Wildman–Crippen LogP) is 3.41. The number of nitrogens with zero attached hydrogens (tertiary/aromatic N) is 2. The number of halogens is 2. The van der Waals surface area contributed by atoms with Crippen LogP contribution in [0.1, 0.15) is 20.7 Å². The van der Waals surface area contributed by atoms with Crippen molar-refractivity contribution >= 4 is 29.0 Å². The van der Waals surface area contributed by atoms with Crippen LogP contribution in [-0.4, -0.2) is 48.2 Å². The molecule has 0 unspecified atom stereocenters. The van der Waals surface area contributed by atoms with Gasteiger partial charge in [-0.05, 0) is 36.4 Å². The third-order valence-corrected chi connectivity index (χ3v) is 4.99. The topological polar surface area (TPSA) is 104 Å². The van der Waals surface area contributed by atoms with Crippen molar-refractivity contribution in [2.45, 2.75) is 0 Å². The van der Waals surface area contributed by atoms with E-state index in [1.807, 2.05) is 6.07 Å². The number of aromatic nitrogens is 1. The Labute approximate surface area is 187 Å². The average molecular weight is 454 g/mol. The second-order valence-electron chi connectivity index (χ2n) is 7.30. The Morgan fingerprint density at radius 1 is 0.939 bits per heavy atom. The van der Waals surface area contributed by atoms with Gasteiger partial charge in [-0.1, -0.05) is 0 Å². The molecule has 0 spiro atoms. The minimum Gasteiger partial charge on any atom is -0.507 e. The van der Waals surface area contributed by atoms with E-state index >= 15 is 0 Å². The van der Waals surface area contributed by atoms with Gasteiger partial charge in [0.2, 0.25) is 0 Å². The molecule has 1 fully saturated rings. The number of rotatable bonds is 5. The van der Waals surface area contributed by atoms with Gasteiger partial charge in [-0.15, -0.1) is 0 Å². The number of anilines is 3. The number of nitrogens with one attached hydrogen (secondary N) is 2. The van der Waals surface area contributed by atoms with E-state index in [0.717, 1.165) is 37.0 Å². The molecule has 2 amide bonds. The average Bonchev–Trinajstić information content (AvgIpc) is 2.79. The molecule has 10 heteroatoms. The van der Waals surface area contributed by atoms with Crippen molar-refractivity contribution in [2.24, 2.45) is 0 Å². The molecule has 0 aliphatic carbocycles. The van der Waals surface area contributed by atoms with Crippen LogP contribution in [0.25, 0.3) is 0 Å². The number of phenolic OH excluding ortho intramolecular Hbond substituents is 1. The first-order valence-corrected chi connectivity index (χ1v) is 10.1. The van der Waals surface area contributed by atoms with E-state index in [0.29, 0.717) is 25.1 Å². The molecule has 1 aliphatic rings. The smallest absolute Gasteiger partial charge is 0.260 e. The lowest BCUT2D eigenvalue weighted by Crippen LogP contribution is -2.36. The summed E-state index contributed by atoms with van der Waals surface area (Å²) in [5.74, 6) is -3.22. The number of ether oxygens (including phenoxy) is 1. The molecule has 170 valence electrons. The number of benzene rings is 2.